The lowest BCUT2D eigenvalue weighted by atomic mass is 10.1. The minimum Gasteiger partial charge on any atom is -0.455 e. The van der Waals surface area contributed by atoms with Crippen LogP contribution in [-0.4, -0.2) is 44.7 Å². The lowest BCUT2D eigenvalue weighted by Crippen LogP contribution is -2.20. The van der Waals surface area contributed by atoms with E-state index in [1.165, 1.54) is 5.56 Å². The first-order valence-electron chi connectivity index (χ1n) is 12.1. The van der Waals surface area contributed by atoms with E-state index < -0.39 is 0 Å². The van der Waals surface area contributed by atoms with Crippen molar-refractivity contribution in [2.24, 2.45) is 0 Å². The second-order valence-corrected chi connectivity index (χ2v) is 9.64. The van der Waals surface area contributed by atoms with Gasteiger partial charge in [-0.15, -0.1) is 0 Å². The van der Waals surface area contributed by atoms with E-state index in [9.17, 15) is 0 Å². The van der Waals surface area contributed by atoms with Gasteiger partial charge >= 0.3 is 0 Å². The summed E-state index contributed by atoms with van der Waals surface area (Å²) >= 11 is 1.54. The number of fused-ring (bicyclic) bond motifs is 1. The zero-order valence-electron chi connectivity index (χ0n) is 20.7. The monoisotopic (exact) mass is 512 g/mol. The van der Waals surface area contributed by atoms with Crippen LogP contribution < -0.4 is 15.4 Å². The van der Waals surface area contributed by atoms with Crippen molar-refractivity contribution in [2.45, 2.75) is 20.3 Å². The summed E-state index contributed by atoms with van der Waals surface area (Å²) in [4.78, 5) is 18.9. The molecule has 0 saturated heterocycles. The summed E-state index contributed by atoms with van der Waals surface area (Å²) in [7, 11) is 0. The van der Waals surface area contributed by atoms with Crippen LogP contribution in [0.4, 0.5) is 11.5 Å². The van der Waals surface area contributed by atoms with Gasteiger partial charge in [-0.1, -0.05) is 35.6 Å². The minimum absolute atomic E-state index is 0.154. The molecule has 0 fully saturated rings. The number of nitrogens with zero attached hydrogens (tertiary/aromatic N) is 4. The number of hydrogen-bond donors (Lipinski definition) is 3. The van der Waals surface area contributed by atoms with Crippen LogP contribution in [0.5, 0.6) is 11.5 Å². The number of aryl methyl sites for hydroxylation is 2. The Hall–Kier alpha value is -3.92. The third-order valence-electron chi connectivity index (χ3n) is 5.83. The van der Waals surface area contributed by atoms with Gasteiger partial charge in [-0.2, -0.15) is 0 Å². The maximum Gasteiger partial charge on any atom is 0.161 e. The zero-order chi connectivity index (χ0) is 25.6. The number of nitrogens with one attached hydrogen (secondary N) is 2. The van der Waals surface area contributed by atoms with Gasteiger partial charge in [0.15, 0.2) is 5.82 Å². The molecular formula is C28H28N6O2S. The number of ether oxygens (including phenoxy) is 1. The van der Waals surface area contributed by atoms with Crippen LogP contribution in [0.3, 0.4) is 0 Å². The molecule has 0 saturated carbocycles. The van der Waals surface area contributed by atoms with Gasteiger partial charge in [0, 0.05) is 23.5 Å². The summed E-state index contributed by atoms with van der Waals surface area (Å²) < 4.78 is 5.99. The second-order valence-electron chi connectivity index (χ2n) is 8.66. The van der Waals surface area contributed by atoms with E-state index in [0.717, 1.165) is 56.6 Å². The Morgan fingerprint density at radius 2 is 1.81 bits per heavy atom. The molecule has 0 aliphatic rings. The Morgan fingerprint density at radius 3 is 2.57 bits per heavy atom. The molecule has 8 nitrogen and oxygen atoms in total. The van der Waals surface area contributed by atoms with Crippen LogP contribution in [0, 0.1) is 13.8 Å². The van der Waals surface area contributed by atoms with E-state index in [0.29, 0.717) is 18.1 Å². The van der Waals surface area contributed by atoms with Crippen LogP contribution in [0.1, 0.15) is 16.8 Å². The number of anilines is 2. The quantitative estimate of drug-likeness (QED) is 0.213. The average Bonchev–Trinajstić information content (AvgIpc) is 3.35. The van der Waals surface area contributed by atoms with E-state index in [4.69, 9.17) is 14.8 Å². The van der Waals surface area contributed by atoms with Crippen LogP contribution >= 0.6 is 11.3 Å². The van der Waals surface area contributed by atoms with Gasteiger partial charge in [0.05, 0.1) is 12.8 Å². The summed E-state index contributed by atoms with van der Waals surface area (Å²) in [6, 6.07) is 18.2. The molecule has 188 valence electrons. The predicted molar refractivity (Wildman–Crippen MR) is 148 cm³/mol. The van der Waals surface area contributed by atoms with Crippen molar-refractivity contribution in [1.82, 2.24) is 25.3 Å². The summed E-state index contributed by atoms with van der Waals surface area (Å²) in [5, 5.41) is 16.4. The number of rotatable bonds is 10. The second kappa shape index (κ2) is 11.4. The van der Waals surface area contributed by atoms with E-state index in [1.807, 2.05) is 44.2 Å². The highest BCUT2D eigenvalue weighted by Crippen LogP contribution is 2.34. The molecule has 2 aromatic carbocycles. The van der Waals surface area contributed by atoms with Crippen molar-refractivity contribution in [3.63, 3.8) is 0 Å². The molecule has 0 spiro atoms. The maximum absolute atomic E-state index is 8.88. The number of hydrogen-bond acceptors (Lipinski definition) is 9. The van der Waals surface area contributed by atoms with Crippen molar-refractivity contribution in [1.29, 1.82) is 0 Å². The molecule has 0 aliphatic heterocycles. The predicted octanol–water partition coefficient (Wildman–Crippen LogP) is 5.43. The van der Waals surface area contributed by atoms with E-state index in [1.54, 1.807) is 23.9 Å². The molecule has 0 unspecified atom stereocenters. The molecule has 0 bridgehead atoms. The van der Waals surface area contributed by atoms with Gasteiger partial charge in [0.25, 0.3) is 0 Å². The van der Waals surface area contributed by atoms with Crippen molar-refractivity contribution >= 4 is 33.2 Å². The first kappa shape index (κ1) is 24.8. The van der Waals surface area contributed by atoms with Gasteiger partial charge in [-0.3, -0.25) is 4.98 Å². The number of benzene rings is 2. The maximum atomic E-state index is 8.88. The number of thiazole rings is 1. The van der Waals surface area contributed by atoms with Gasteiger partial charge in [-0.25, -0.2) is 15.0 Å². The Bertz CT molecular complexity index is 1490. The summed E-state index contributed by atoms with van der Waals surface area (Å²) in [6.45, 7) is 5.56. The summed E-state index contributed by atoms with van der Waals surface area (Å²) in [6.07, 6.45) is 4.19. The molecule has 0 radical (unpaired) electrons. The Balaban J connectivity index is 1.31. The van der Waals surface area contributed by atoms with Crippen LogP contribution in [-0.2, 0) is 6.42 Å². The fourth-order valence-corrected chi connectivity index (χ4v) is 4.75. The van der Waals surface area contributed by atoms with Crippen LogP contribution in [0.2, 0.25) is 0 Å². The van der Waals surface area contributed by atoms with Crippen molar-refractivity contribution in [3.05, 3.63) is 83.9 Å². The Labute approximate surface area is 219 Å². The van der Waals surface area contributed by atoms with Crippen molar-refractivity contribution in [3.8, 4) is 22.1 Å². The molecule has 5 aromatic rings. The molecule has 0 amide bonds. The largest absolute Gasteiger partial charge is 0.455 e. The molecule has 3 N–H and O–H groups in total. The van der Waals surface area contributed by atoms with Gasteiger partial charge in [0.2, 0.25) is 0 Å². The zero-order valence-corrected chi connectivity index (χ0v) is 21.5. The first-order chi connectivity index (χ1) is 18.1. The molecule has 3 heterocycles. The lowest BCUT2D eigenvalue weighted by molar-refractivity contribution is 0.293. The SMILES string of the molecule is Cc1ccc(Oc2ccc(Nc3ncnc4sc(-c5ccc(CCNCCO)cc5)nc34)cc2C)cn1. The standard InChI is InChI=1S/C28H28N6O2S/c1-18-15-22(8-10-24(18)36-23-9-3-19(2)30-16-23)33-26-25-28(32-17-31-26)37-27(34-25)21-6-4-20(5-7-21)11-12-29-13-14-35/h3-10,15-17,29,35H,11-14H2,1-2H3,(H,31,32,33). The number of pyridine rings is 1. The summed E-state index contributed by atoms with van der Waals surface area (Å²) in [5.41, 5.74) is 5.85. The van der Waals surface area contributed by atoms with Gasteiger partial charge in [-0.05, 0) is 68.3 Å². The number of aliphatic hydroxyl groups is 1. The molecule has 0 atom stereocenters. The minimum atomic E-state index is 0.154. The normalized spacial score (nSPS) is 11.1. The van der Waals surface area contributed by atoms with Crippen molar-refractivity contribution < 1.29 is 9.84 Å². The lowest BCUT2D eigenvalue weighted by Gasteiger charge is -2.11. The van der Waals surface area contributed by atoms with Crippen LogP contribution in [0.25, 0.3) is 20.9 Å². The van der Waals surface area contributed by atoms with E-state index >= 15 is 0 Å². The molecule has 37 heavy (non-hydrogen) atoms. The van der Waals surface area contributed by atoms with Crippen molar-refractivity contribution in [2.75, 3.05) is 25.0 Å². The topological polar surface area (TPSA) is 105 Å². The molecule has 5 rings (SSSR count). The number of aliphatic hydroxyl groups excluding tert-OH is 1. The first-order valence-corrected chi connectivity index (χ1v) is 12.9. The Morgan fingerprint density at radius 1 is 0.946 bits per heavy atom. The van der Waals surface area contributed by atoms with Gasteiger partial charge < -0.3 is 20.5 Å². The molecule has 0 aliphatic carbocycles. The Kier molecular flexibility index (Phi) is 7.65. The van der Waals surface area contributed by atoms with Crippen LogP contribution in [0.15, 0.2) is 67.1 Å². The fourth-order valence-electron chi connectivity index (χ4n) is 3.84. The third kappa shape index (κ3) is 6.08. The summed E-state index contributed by atoms with van der Waals surface area (Å²) in [5.74, 6) is 2.14. The molecule has 3 aromatic heterocycles. The highest BCUT2D eigenvalue weighted by atomic mass is 32.1. The highest BCUT2D eigenvalue weighted by Gasteiger charge is 2.13. The third-order valence-corrected chi connectivity index (χ3v) is 6.84. The molecule has 9 heteroatoms. The average molecular weight is 513 g/mol. The highest BCUT2D eigenvalue weighted by molar-refractivity contribution is 7.21. The van der Waals surface area contributed by atoms with E-state index in [-0.39, 0.29) is 6.61 Å². The van der Waals surface area contributed by atoms with Gasteiger partial charge in [0.1, 0.15) is 33.2 Å². The van der Waals surface area contributed by atoms with E-state index in [2.05, 4.69) is 49.9 Å². The molecular weight excluding hydrogens is 484 g/mol. The smallest absolute Gasteiger partial charge is 0.161 e. The number of aromatic nitrogens is 4. The fraction of sp³-hybridized carbons (Fsp3) is 0.214.